The van der Waals surface area contributed by atoms with Gasteiger partial charge < -0.3 is 14.6 Å². The lowest BCUT2D eigenvalue weighted by molar-refractivity contribution is -0.113. The van der Waals surface area contributed by atoms with Gasteiger partial charge in [-0.05, 0) is 67.3 Å². The van der Waals surface area contributed by atoms with Gasteiger partial charge in [0.1, 0.15) is 5.75 Å². The molecule has 0 aliphatic heterocycles. The van der Waals surface area contributed by atoms with E-state index in [0.717, 1.165) is 28.0 Å². The summed E-state index contributed by atoms with van der Waals surface area (Å²) in [7, 11) is 0. The lowest BCUT2D eigenvalue weighted by atomic mass is 10.0. The number of hydrogen-bond donors (Lipinski definition) is 1. The molecular formula is C28H32N4O2S. The number of hydrogen-bond acceptors (Lipinski definition) is 5. The van der Waals surface area contributed by atoms with Gasteiger partial charge >= 0.3 is 0 Å². The predicted octanol–water partition coefficient (Wildman–Crippen LogP) is 7.01. The number of carbonyl (C=O) groups is 1. The number of rotatable bonds is 9. The Morgan fingerprint density at radius 3 is 2.34 bits per heavy atom. The Hall–Kier alpha value is -3.32. The first-order chi connectivity index (χ1) is 16.8. The maximum absolute atomic E-state index is 12.6. The highest BCUT2D eigenvalue weighted by Gasteiger charge is 2.22. The molecule has 0 fully saturated rings. The minimum atomic E-state index is -0.282. The second-order valence-electron chi connectivity index (χ2n) is 9.19. The van der Waals surface area contributed by atoms with Gasteiger partial charge in [-0.2, -0.15) is 0 Å². The van der Waals surface area contributed by atoms with Gasteiger partial charge in [0.25, 0.3) is 0 Å². The van der Waals surface area contributed by atoms with Crippen LogP contribution < -0.4 is 10.1 Å². The van der Waals surface area contributed by atoms with Gasteiger partial charge in [0.15, 0.2) is 17.1 Å². The number of nitrogens with one attached hydrogen (secondary N) is 1. The number of aromatic nitrogens is 3. The number of ether oxygens (including phenoxy) is 1. The minimum absolute atomic E-state index is 0.0836. The molecule has 0 saturated carbocycles. The Labute approximate surface area is 211 Å². The minimum Gasteiger partial charge on any atom is -0.483 e. The van der Waals surface area contributed by atoms with Gasteiger partial charge in [0, 0.05) is 11.7 Å². The van der Waals surface area contributed by atoms with Crippen molar-refractivity contribution in [2.45, 2.75) is 57.8 Å². The van der Waals surface area contributed by atoms with Crippen LogP contribution in [-0.4, -0.2) is 26.4 Å². The zero-order chi connectivity index (χ0) is 24.9. The lowest BCUT2D eigenvalue weighted by Gasteiger charge is -2.19. The van der Waals surface area contributed by atoms with Crippen molar-refractivity contribution in [3.63, 3.8) is 0 Å². The summed E-state index contributed by atoms with van der Waals surface area (Å²) in [5.41, 5.74) is 2.06. The molecule has 0 saturated heterocycles. The maximum Gasteiger partial charge on any atom is 0.234 e. The molecule has 1 amide bonds. The van der Waals surface area contributed by atoms with Crippen molar-refractivity contribution < 1.29 is 9.53 Å². The highest BCUT2D eigenvalue weighted by atomic mass is 32.2. The van der Waals surface area contributed by atoms with Crippen LogP contribution >= 0.6 is 11.8 Å². The van der Waals surface area contributed by atoms with Crippen LogP contribution in [0.4, 0.5) is 5.69 Å². The molecule has 182 valence electrons. The molecule has 4 rings (SSSR count). The van der Waals surface area contributed by atoms with Gasteiger partial charge in [0.2, 0.25) is 5.91 Å². The van der Waals surface area contributed by atoms with Gasteiger partial charge in [-0.25, -0.2) is 0 Å². The number of anilines is 1. The Morgan fingerprint density at radius 2 is 1.66 bits per heavy atom. The molecule has 6 nitrogen and oxygen atoms in total. The summed E-state index contributed by atoms with van der Waals surface area (Å²) in [5.74, 6) is 2.17. The van der Waals surface area contributed by atoms with E-state index in [4.69, 9.17) is 4.74 Å². The highest BCUT2D eigenvalue weighted by Crippen LogP contribution is 2.28. The molecule has 1 heterocycles. The van der Waals surface area contributed by atoms with Gasteiger partial charge in [-0.1, -0.05) is 68.1 Å². The largest absolute Gasteiger partial charge is 0.483 e. The molecule has 1 atom stereocenters. The van der Waals surface area contributed by atoms with E-state index in [1.54, 1.807) is 0 Å². The van der Waals surface area contributed by atoms with Crippen molar-refractivity contribution in [1.29, 1.82) is 0 Å². The number of fused-ring (bicyclic) bond motifs is 1. The van der Waals surface area contributed by atoms with Gasteiger partial charge in [0.05, 0.1) is 5.75 Å². The second kappa shape index (κ2) is 11.0. The van der Waals surface area contributed by atoms with E-state index >= 15 is 0 Å². The number of nitrogens with zero attached hydrogens (tertiary/aromatic N) is 3. The number of thioether (sulfide) groups is 1. The normalized spacial score (nSPS) is 12.3. The van der Waals surface area contributed by atoms with E-state index in [0.29, 0.717) is 11.1 Å². The first-order valence-electron chi connectivity index (χ1n) is 11.9. The van der Waals surface area contributed by atoms with Crippen molar-refractivity contribution in [1.82, 2.24) is 14.8 Å². The summed E-state index contributed by atoms with van der Waals surface area (Å²) >= 11 is 1.38. The molecule has 0 aliphatic rings. The third kappa shape index (κ3) is 6.03. The quantitative estimate of drug-likeness (QED) is 0.257. The van der Waals surface area contributed by atoms with Gasteiger partial charge in [-0.3, -0.25) is 4.79 Å². The SMILES string of the molecule is CC(C)c1ccc(OC(C)c2nnc(SCC(=O)Nc3ccc4ccccc4c3)n2C(C)C)cc1. The van der Waals surface area contributed by atoms with Crippen molar-refractivity contribution in [3.8, 4) is 5.75 Å². The van der Waals surface area contributed by atoms with E-state index in [2.05, 4.69) is 61.4 Å². The van der Waals surface area contributed by atoms with E-state index < -0.39 is 0 Å². The molecule has 0 bridgehead atoms. The lowest BCUT2D eigenvalue weighted by Crippen LogP contribution is -2.16. The second-order valence-corrected chi connectivity index (χ2v) is 10.1. The fraction of sp³-hybridized carbons (Fsp3) is 0.321. The summed E-state index contributed by atoms with van der Waals surface area (Å²) in [5, 5.41) is 14.7. The van der Waals surface area contributed by atoms with Crippen LogP contribution in [-0.2, 0) is 4.79 Å². The molecule has 0 aliphatic carbocycles. The Balaban J connectivity index is 1.41. The average molecular weight is 489 g/mol. The van der Waals surface area contributed by atoms with E-state index in [1.807, 2.05) is 60.0 Å². The highest BCUT2D eigenvalue weighted by molar-refractivity contribution is 7.99. The smallest absolute Gasteiger partial charge is 0.234 e. The van der Waals surface area contributed by atoms with E-state index in [1.165, 1.54) is 17.3 Å². The fourth-order valence-corrected chi connectivity index (χ4v) is 4.81. The standard InChI is InChI=1S/C28H32N4O2S/c1-18(2)21-11-14-25(15-12-21)34-20(5)27-30-31-28(32(27)19(3)4)35-17-26(33)29-24-13-10-22-8-6-7-9-23(22)16-24/h6-16,18-20H,17H2,1-5H3,(H,29,33). The van der Waals surface area contributed by atoms with E-state index in [9.17, 15) is 4.79 Å². The zero-order valence-electron chi connectivity index (χ0n) is 20.9. The van der Waals surface area contributed by atoms with Crippen LogP contribution in [0.5, 0.6) is 5.75 Å². The van der Waals surface area contributed by atoms with Crippen molar-refractivity contribution in [3.05, 3.63) is 78.1 Å². The molecule has 0 radical (unpaired) electrons. The topological polar surface area (TPSA) is 69.0 Å². The molecule has 1 unspecified atom stereocenters. The Kier molecular flexibility index (Phi) is 7.76. The molecule has 1 N–H and O–H groups in total. The summed E-state index contributed by atoms with van der Waals surface area (Å²) in [6, 6.07) is 22.3. The third-order valence-corrected chi connectivity index (χ3v) is 6.74. The molecule has 0 spiro atoms. The third-order valence-electron chi connectivity index (χ3n) is 5.80. The summed E-state index contributed by atoms with van der Waals surface area (Å²) in [6.07, 6.45) is -0.282. The van der Waals surface area contributed by atoms with Gasteiger partial charge in [-0.15, -0.1) is 10.2 Å². The summed E-state index contributed by atoms with van der Waals surface area (Å²) < 4.78 is 8.21. The Bertz CT molecular complexity index is 1300. The van der Waals surface area contributed by atoms with Crippen LogP contribution in [0.1, 0.15) is 64.1 Å². The monoisotopic (exact) mass is 488 g/mol. The van der Waals surface area contributed by atoms with Crippen LogP contribution in [0.3, 0.4) is 0 Å². The van der Waals surface area contributed by atoms with Crippen LogP contribution in [0.2, 0.25) is 0 Å². The first kappa shape index (κ1) is 24.8. The summed E-state index contributed by atoms with van der Waals surface area (Å²) in [6.45, 7) is 10.5. The molecular weight excluding hydrogens is 456 g/mol. The number of amides is 1. The zero-order valence-corrected chi connectivity index (χ0v) is 21.7. The molecule has 7 heteroatoms. The van der Waals surface area contributed by atoms with Crippen LogP contribution in [0.15, 0.2) is 71.9 Å². The average Bonchev–Trinajstić information content (AvgIpc) is 3.28. The molecule has 1 aromatic heterocycles. The van der Waals surface area contributed by atoms with E-state index in [-0.39, 0.29) is 23.8 Å². The van der Waals surface area contributed by atoms with Crippen LogP contribution in [0, 0.1) is 0 Å². The maximum atomic E-state index is 12.6. The predicted molar refractivity (Wildman–Crippen MR) is 143 cm³/mol. The summed E-state index contributed by atoms with van der Waals surface area (Å²) in [4.78, 5) is 12.6. The molecule has 4 aromatic rings. The number of benzene rings is 3. The van der Waals surface area contributed by atoms with Crippen molar-refractivity contribution in [2.24, 2.45) is 0 Å². The van der Waals surface area contributed by atoms with Crippen molar-refractivity contribution >= 4 is 34.1 Å². The number of carbonyl (C=O) groups excluding carboxylic acids is 1. The van der Waals surface area contributed by atoms with Crippen molar-refractivity contribution in [2.75, 3.05) is 11.1 Å². The molecule has 3 aromatic carbocycles. The Morgan fingerprint density at radius 1 is 0.943 bits per heavy atom. The fourth-order valence-electron chi connectivity index (χ4n) is 3.93. The first-order valence-corrected chi connectivity index (χ1v) is 12.9. The molecule has 35 heavy (non-hydrogen) atoms. The van der Waals surface area contributed by atoms with Crippen LogP contribution in [0.25, 0.3) is 10.8 Å².